The maximum absolute atomic E-state index is 13.6. The third kappa shape index (κ3) is 6.10. The molecule has 1 aromatic heterocycles. The van der Waals surface area contributed by atoms with E-state index in [2.05, 4.69) is 11.1 Å². The Labute approximate surface area is 221 Å². The minimum atomic E-state index is -0.256. The van der Waals surface area contributed by atoms with E-state index in [0.717, 1.165) is 22.0 Å². The van der Waals surface area contributed by atoms with Crippen LogP contribution in [-0.2, 0) is 17.8 Å². The average molecular weight is 522 g/mol. The quantitative estimate of drug-likeness (QED) is 0.269. The summed E-state index contributed by atoms with van der Waals surface area (Å²) in [7, 11) is 0. The molecule has 4 aromatic rings. The summed E-state index contributed by atoms with van der Waals surface area (Å²) in [6.07, 6.45) is 2.70. The summed E-state index contributed by atoms with van der Waals surface area (Å²) in [5.74, 6) is -0.367. The van der Waals surface area contributed by atoms with Crippen LogP contribution in [-0.4, -0.2) is 45.7 Å². The fourth-order valence-corrected chi connectivity index (χ4v) is 4.52. The van der Waals surface area contributed by atoms with Crippen LogP contribution in [0.4, 0.5) is 0 Å². The maximum Gasteiger partial charge on any atom is 0.254 e. The highest BCUT2D eigenvalue weighted by Crippen LogP contribution is 2.24. The molecular weight excluding hydrogens is 493 g/mol. The topological polar surface area (TPSA) is 56.4 Å². The SMILES string of the molecule is CC(C)N(CC(=O)N(CCc1c[nH]c2ccccc12)Cc1ccccc1)C(=O)c1ccc(Cl)c(Cl)c1. The summed E-state index contributed by atoms with van der Waals surface area (Å²) in [6, 6.07) is 22.6. The van der Waals surface area contributed by atoms with Crippen molar-refractivity contribution in [3.8, 4) is 0 Å². The number of H-pyrrole nitrogens is 1. The Kier molecular flexibility index (Phi) is 8.34. The lowest BCUT2D eigenvalue weighted by Crippen LogP contribution is -2.46. The number of aromatic nitrogens is 1. The Morgan fingerprint density at radius 2 is 1.64 bits per heavy atom. The molecule has 1 heterocycles. The predicted molar refractivity (Wildman–Crippen MR) is 146 cm³/mol. The standard InChI is InChI=1S/C29H29Cl2N3O2/c1-20(2)34(29(36)22-12-13-25(30)26(31)16-22)19-28(35)33(18-21-8-4-3-5-9-21)15-14-23-17-32-27-11-7-6-10-24(23)27/h3-13,16-17,20,32H,14-15,18-19H2,1-2H3. The van der Waals surface area contributed by atoms with Crippen molar-refractivity contribution in [2.24, 2.45) is 0 Å². The van der Waals surface area contributed by atoms with E-state index in [4.69, 9.17) is 23.2 Å². The predicted octanol–water partition coefficient (Wildman–Crippen LogP) is 6.60. The molecule has 0 aliphatic rings. The second-order valence-electron chi connectivity index (χ2n) is 9.07. The van der Waals surface area contributed by atoms with E-state index in [1.54, 1.807) is 23.1 Å². The molecule has 0 saturated carbocycles. The molecule has 0 atom stereocenters. The zero-order chi connectivity index (χ0) is 25.7. The lowest BCUT2D eigenvalue weighted by Gasteiger charge is -2.30. The van der Waals surface area contributed by atoms with Crippen LogP contribution in [0.2, 0.25) is 10.0 Å². The fraction of sp³-hybridized carbons (Fsp3) is 0.241. The Morgan fingerprint density at radius 1 is 0.917 bits per heavy atom. The number of carbonyl (C=O) groups excluding carboxylic acids is 2. The van der Waals surface area contributed by atoms with Gasteiger partial charge in [-0.3, -0.25) is 9.59 Å². The number of halogens is 2. The molecular formula is C29H29Cl2N3O2. The molecule has 0 saturated heterocycles. The van der Waals surface area contributed by atoms with Gasteiger partial charge in [0.05, 0.1) is 10.0 Å². The summed E-state index contributed by atoms with van der Waals surface area (Å²) < 4.78 is 0. The molecule has 0 radical (unpaired) electrons. The summed E-state index contributed by atoms with van der Waals surface area (Å²) in [5, 5.41) is 1.84. The molecule has 0 aliphatic heterocycles. The zero-order valence-corrected chi connectivity index (χ0v) is 21.9. The number of nitrogens with one attached hydrogen (secondary N) is 1. The molecule has 5 nitrogen and oxygen atoms in total. The van der Waals surface area contributed by atoms with E-state index >= 15 is 0 Å². The number of hydrogen-bond acceptors (Lipinski definition) is 2. The van der Waals surface area contributed by atoms with E-state index in [1.165, 1.54) is 0 Å². The number of rotatable bonds is 9. The van der Waals surface area contributed by atoms with Gasteiger partial charge < -0.3 is 14.8 Å². The van der Waals surface area contributed by atoms with Gasteiger partial charge in [0.2, 0.25) is 5.91 Å². The van der Waals surface area contributed by atoms with Crippen molar-refractivity contribution in [3.63, 3.8) is 0 Å². The van der Waals surface area contributed by atoms with Crippen LogP contribution in [0.25, 0.3) is 10.9 Å². The average Bonchev–Trinajstić information content (AvgIpc) is 3.29. The van der Waals surface area contributed by atoms with Crippen molar-refractivity contribution in [2.45, 2.75) is 32.9 Å². The van der Waals surface area contributed by atoms with Crippen molar-refractivity contribution in [1.82, 2.24) is 14.8 Å². The van der Waals surface area contributed by atoms with Crippen LogP contribution in [0.5, 0.6) is 0 Å². The molecule has 0 unspecified atom stereocenters. The van der Waals surface area contributed by atoms with Crippen LogP contribution in [0, 0.1) is 0 Å². The molecule has 3 aromatic carbocycles. The first kappa shape index (κ1) is 25.8. The third-order valence-corrected chi connectivity index (χ3v) is 6.99. The van der Waals surface area contributed by atoms with E-state index < -0.39 is 0 Å². The Hall–Kier alpha value is -3.28. The van der Waals surface area contributed by atoms with Crippen molar-refractivity contribution in [2.75, 3.05) is 13.1 Å². The number of carbonyl (C=O) groups is 2. The minimum absolute atomic E-state index is 0.0303. The van der Waals surface area contributed by atoms with Gasteiger partial charge >= 0.3 is 0 Å². The first-order valence-corrected chi connectivity index (χ1v) is 12.7. The first-order chi connectivity index (χ1) is 17.3. The Balaban J connectivity index is 1.54. The number of para-hydroxylation sites is 1. The number of benzene rings is 3. The first-order valence-electron chi connectivity index (χ1n) is 12.0. The highest BCUT2D eigenvalue weighted by Gasteiger charge is 2.25. The smallest absolute Gasteiger partial charge is 0.254 e. The number of hydrogen-bond donors (Lipinski definition) is 1. The van der Waals surface area contributed by atoms with Gasteiger partial charge in [0.25, 0.3) is 5.91 Å². The maximum atomic E-state index is 13.6. The number of nitrogens with zero attached hydrogens (tertiary/aromatic N) is 2. The van der Waals surface area contributed by atoms with Crippen LogP contribution in [0.3, 0.4) is 0 Å². The van der Waals surface area contributed by atoms with Gasteiger partial charge in [0.15, 0.2) is 0 Å². The van der Waals surface area contributed by atoms with Gasteiger partial charge in [-0.1, -0.05) is 71.7 Å². The third-order valence-electron chi connectivity index (χ3n) is 6.25. The fourth-order valence-electron chi connectivity index (χ4n) is 4.22. The zero-order valence-electron chi connectivity index (χ0n) is 20.4. The molecule has 4 rings (SSSR count). The van der Waals surface area contributed by atoms with E-state index in [1.807, 2.05) is 73.5 Å². The van der Waals surface area contributed by atoms with Gasteiger partial charge in [-0.05, 0) is 55.7 Å². The summed E-state index contributed by atoms with van der Waals surface area (Å²) in [6.45, 7) is 4.77. The molecule has 0 bridgehead atoms. The van der Waals surface area contributed by atoms with Crippen LogP contribution < -0.4 is 0 Å². The van der Waals surface area contributed by atoms with E-state index in [0.29, 0.717) is 35.1 Å². The second-order valence-corrected chi connectivity index (χ2v) is 9.88. The second kappa shape index (κ2) is 11.6. The van der Waals surface area contributed by atoms with Crippen molar-refractivity contribution in [3.05, 3.63) is 106 Å². The lowest BCUT2D eigenvalue weighted by molar-refractivity contribution is -0.132. The number of fused-ring (bicyclic) bond motifs is 1. The molecule has 186 valence electrons. The van der Waals surface area contributed by atoms with Gasteiger partial charge in [-0.2, -0.15) is 0 Å². The van der Waals surface area contributed by atoms with Crippen LogP contribution in [0.1, 0.15) is 35.3 Å². The van der Waals surface area contributed by atoms with Crippen LogP contribution >= 0.6 is 23.2 Å². The monoisotopic (exact) mass is 521 g/mol. The summed E-state index contributed by atoms with van der Waals surface area (Å²) in [5.41, 5.74) is 3.67. The highest BCUT2D eigenvalue weighted by molar-refractivity contribution is 6.42. The minimum Gasteiger partial charge on any atom is -0.361 e. The molecule has 7 heteroatoms. The normalized spacial score (nSPS) is 11.1. The van der Waals surface area contributed by atoms with Crippen LogP contribution in [0.15, 0.2) is 79.0 Å². The van der Waals surface area contributed by atoms with Gasteiger partial charge in [0.1, 0.15) is 6.54 Å². The van der Waals surface area contributed by atoms with Gasteiger partial charge in [0, 0.05) is 41.8 Å². The summed E-state index contributed by atoms with van der Waals surface area (Å²) in [4.78, 5) is 33.6. The van der Waals surface area contributed by atoms with Crippen molar-refractivity contribution in [1.29, 1.82) is 0 Å². The van der Waals surface area contributed by atoms with E-state index in [-0.39, 0.29) is 24.4 Å². The molecule has 0 spiro atoms. The molecule has 0 aliphatic carbocycles. The van der Waals surface area contributed by atoms with Crippen molar-refractivity contribution < 1.29 is 9.59 Å². The molecule has 1 N–H and O–H groups in total. The van der Waals surface area contributed by atoms with Gasteiger partial charge in [-0.15, -0.1) is 0 Å². The molecule has 0 fully saturated rings. The van der Waals surface area contributed by atoms with Crippen molar-refractivity contribution >= 4 is 45.9 Å². The largest absolute Gasteiger partial charge is 0.361 e. The van der Waals surface area contributed by atoms with Gasteiger partial charge in [-0.25, -0.2) is 0 Å². The summed E-state index contributed by atoms with van der Waals surface area (Å²) >= 11 is 12.2. The number of aromatic amines is 1. The lowest BCUT2D eigenvalue weighted by atomic mass is 10.1. The van der Waals surface area contributed by atoms with E-state index in [9.17, 15) is 9.59 Å². The molecule has 2 amide bonds. The Bertz CT molecular complexity index is 1350. The Morgan fingerprint density at radius 3 is 2.36 bits per heavy atom. The molecule has 36 heavy (non-hydrogen) atoms. The number of amides is 2. The highest BCUT2D eigenvalue weighted by atomic mass is 35.5.